The molecule has 0 spiro atoms. The van der Waals surface area contributed by atoms with E-state index >= 15 is 0 Å². The Balaban J connectivity index is 1.85. The number of nitrogens with one attached hydrogen (secondary N) is 1. The smallest absolute Gasteiger partial charge is 0.277 e. The minimum atomic E-state index is -0.332. The molecule has 0 saturated heterocycles. The number of methoxy groups -OCH3 is 1. The minimum absolute atomic E-state index is 0.104. The normalized spacial score (nSPS) is 10.7. The van der Waals surface area contributed by atoms with Gasteiger partial charge in [0.1, 0.15) is 5.75 Å². The molecule has 1 N–H and O–H groups in total. The van der Waals surface area contributed by atoms with Crippen LogP contribution in [0.25, 0.3) is 0 Å². The standard InChI is InChI=1S/C22H28N2O4/c1-5-6-11-27-20-10-8-18(13-21(20)26-4)14-23-24-22(25)15-28-19-9-7-16(2)17(3)12-19/h7-10,12-14H,5-6,11,15H2,1-4H3,(H,24,25)/b23-14+. The van der Waals surface area contributed by atoms with Gasteiger partial charge in [-0.2, -0.15) is 5.10 Å². The SMILES string of the molecule is CCCCOc1ccc(/C=N/NC(=O)COc2ccc(C)c(C)c2)cc1OC. The van der Waals surface area contributed by atoms with E-state index in [1.807, 2.05) is 50.2 Å². The van der Waals surface area contributed by atoms with E-state index < -0.39 is 0 Å². The third kappa shape index (κ3) is 6.61. The van der Waals surface area contributed by atoms with Gasteiger partial charge in [0.2, 0.25) is 0 Å². The maximum Gasteiger partial charge on any atom is 0.277 e. The van der Waals surface area contributed by atoms with E-state index in [2.05, 4.69) is 17.5 Å². The first-order valence-corrected chi connectivity index (χ1v) is 9.36. The summed E-state index contributed by atoms with van der Waals surface area (Å²) in [6.45, 7) is 6.69. The van der Waals surface area contributed by atoms with Crippen molar-refractivity contribution < 1.29 is 19.0 Å². The molecule has 0 fully saturated rings. The molecule has 0 radical (unpaired) electrons. The molecule has 0 aliphatic rings. The van der Waals surface area contributed by atoms with Gasteiger partial charge in [0.05, 0.1) is 19.9 Å². The fourth-order valence-corrected chi connectivity index (χ4v) is 2.37. The van der Waals surface area contributed by atoms with Gasteiger partial charge in [-0.3, -0.25) is 4.79 Å². The van der Waals surface area contributed by atoms with E-state index in [1.54, 1.807) is 13.3 Å². The van der Waals surface area contributed by atoms with Crippen LogP contribution < -0.4 is 19.6 Å². The van der Waals surface area contributed by atoms with E-state index in [0.29, 0.717) is 23.9 Å². The van der Waals surface area contributed by atoms with E-state index in [9.17, 15) is 4.79 Å². The maximum atomic E-state index is 11.9. The molecule has 0 aromatic heterocycles. The third-order valence-corrected chi connectivity index (χ3v) is 4.19. The molecule has 0 heterocycles. The summed E-state index contributed by atoms with van der Waals surface area (Å²) in [5.74, 6) is 1.65. The van der Waals surface area contributed by atoms with Crippen molar-refractivity contribution in [1.82, 2.24) is 5.43 Å². The van der Waals surface area contributed by atoms with Gasteiger partial charge in [-0.05, 0) is 67.3 Å². The predicted molar refractivity (Wildman–Crippen MR) is 111 cm³/mol. The van der Waals surface area contributed by atoms with Gasteiger partial charge < -0.3 is 14.2 Å². The Morgan fingerprint density at radius 2 is 1.89 bits per heavy atom. The van der Waals surface area contributed by atoms with Crippen molar-refractivity contribution in [2.24, 2.45) is 5.10 Å². The first-order valence-electron chi connectivity index (χ1n) is 9.36. The van der Waals surface area contributed by atoms with Crippen LogP contribution in [0.2, 0.25) is 0 Å². The lowest BCUT2D eigenvalue weighted by Gasteiger charge is -2.10. The van der Waals surface area contributed by atoms with E-state index in [-0.39, 0.29) is 12.5 Å². The molecule has 0 aliphatic heterocycles. The Labute approximate surface area is 166 Å². The van der Waals surface area contributed by atoms with Crippen LogP contribution in [0.5, 0.6) is 17.2 Å². The van der Waals surface area contributed by atoms with E-state index in [0.717, 1.165) is 24.0 Å². The molecule has 2 aromatic rings. The third-order valence-electron chi connectivity index (χ3n) is 4.19. The number of carbonyl (C=O) groups excluding carboxylic acids is 1. The van der Waals surface area contributed by atoms with Crippen molar-refractivity contribution in [3.05, 3.63) is 53.1 Å². The number of aryl methyl sites for hydroxylation is 2. The number of benzene rings is 2. The lowest BCUT2D eigenvalue weighted by molar-refractivity contribution is -0.123. The molecule has 0 atom stereocenters. The second-order valence-electron chi connectivity index (χ2n) is 6.44. The molecular formula is C22H28N2O4. The first kappa shape index (κ1) is 21.3. The molecule has 0 saturated carbocycles. The van der Waals surface area contributed by atoms with Gasteiger partial charge in [0.15, 0.2) is 18.1 Å². The van der Waals surface area contributed by atoms with Crippen molar-refractivity contribution in [1.29, 1.82) is 0 Å². The summed E-state index contributed by atoms with van der Waals surface area (Å²) >= 11 is 0. The fraction of sp³-hybridized carbons (Fsp3) is 0.364. The Hall–Kier alpha value is -3.02. The Morgan fingerprint density at radius 3 is 2.61 bits per heavy atom. The number of amides is 1. The molecule has 6 nitrogen and oxygen atoms in total. The van der Waals surface area contributed by atoms with Gasteiger partial charge in [0.25, 0.3) is 5.91 Å². The fourth-order valence-electron chi connectivity index (χ4n) is 2.37. The topological polar surface area (TPSA) is 69.2 Å². The lowest BCUT2D eigenvalue weighted by atomic mass is 10.1. The number of hydrazone groups is 1. The molecule has 2 rings (SSSR count). The maximum absolute atomic E-state index is 11.9. The molecule has 2 aromatic carbocycles. The van der Waals surface area contributed by atoms with Crippen molar-refractivity contribution in [2.75, 3.05) is 20.3 Å². The minimum Gasteiger partial charge on any atom is -0.493 e. The monoisotopic (exact) mass is 384 g/mol. The van der Waals surface area contributed by atoms with Crippen molar-refractivity contribution in [2.45, 2.75) is 33.6 Å². The summed E-state index contributed by atoms with van der Waals surface area (Å²) in [5, 5.41) is 3.97. The van der Waals surface area contributed by atoms with Gasteiger partial charge in [0, 0.05) is 0 Å². The van der Waals surface area contributed by atoms with Crippen LogP contribution in [-0.4, -0.2) is 32.4 Å². The number of unbranched alkanes of at least 4 members (excludes halogenated alkanes) is 1. The van der Waals surface area contributed by atoms with Gasteiger partial charge in [-0.25, -0.2) is 5.43 Å². The summed E-state index contributed by atoms with van der Waals surface area (Å²) in [6, 6.07) is 11.2. The number of ether oxygens (including phenoxy) is 3. The van der Waals surface area contributed by atoms with Crippen LogP contribution in [-0.2, 0) is 4.79 Å². The number of nitrogens with zero attached hydrogens (tertiary/aromatic N) is 1. The molecule has 0 aliphatic carbocycles. The zero-order valence-corrected chi connectivity index (χ0v) is 17.0. The first-order chi connectivity index (χ1) is 13.5. The molecule has 0 bridgehead atoms. The van der Waals surface area contributed by atoms with Gasteiger partial charge in [-0.15, -0.1) is 0 Å². The summed E-state index contributed by atoms with van der Waals surface area (Å²) in [7, 11) is 1.59. The Morgan fingerprint density at radius 1 is 1.07 bits per heavy atom. The predicted octanol–water partition coefficient (Wildman–Crippen LogP) is 4.02. The highest BCUT2D eigenvalue weighted by atomic mass is 16.5. The molecule has 6 heteroatoms. The van der Waals surface area contributed by atoms with Crippen LogP contribution in [0.1, 0.15) is 36.5 Å². The molecule has 1 amide bonds. The summed E-state index contributed by atoms with van der Waals surface area (Å²) in [6.07, 6.45) is 3.61. The zero-order valence-electron chi connectivity index (χ0n) is 17.0. The Bertz CT molecular complexity index is 818. The van der Waals surface area contributed by atoms with Crippen LogP contribution in [0.3, 0.4) is 0 Å². The number of carbonyl (C=O) groups is 1. The molecule has 28 heavy (non-hydrogen) atoms. The van der Waals surface area contributed by atoms with Crippen LogP contribution in [0.4, 0.5) is 0 Å². The van der Waals surface area contributed by atoms with Crippen LogP contribution >= 0.6 is 0 Å². The average molecular weight is 384 g/mol. The second-order valence-corrected chi connectivity index (χ2v) is 6.44. The molecular weight excluding hydrogens is 356 g/mol. The van der Waals surface area contributed by atoms with Crippen LogP contribution in [0, 0.1) is 13.8 Å². The largest absolute Gasteiger partial charge is 0.493 e. The highest BCUT2D eigenvalue weighted by molar-refractivity contribution is 5.83. The average Bonchev–Trinajstić information content (AvgIpc) is 2.69. The molecule has 0 unspecified atom stereocenters. The second kappa shape index (κ2) is 11.0. The van der Waals surface area contributed by atoms with Crippen molar-refractivity contribution >= 4 is 12.1 Å². The van der Waals surface area contributed by atoms with E-state index in [4.69, 9.17) is 14.2 Å². The van der Waals surface area contributed by atoms with Gasteiger partial charge in [-0.1, -0.05) is 19.4 Å². The summed E-state index contributed by atoms with van der Waals surface area (Å²) in [5.41, 5.74) is 5.54. The van der Waals surface area contributed by atoms with E-state index in [1.165, 1.54) is 5.56 Å². The number of hydrogen-bond acceptors (Lipinski definition) is 5. The van der Waals surface area contributed by atoms with Crippen molar-refractivity contribution in [3.63, 3.8) is 0 Å². The summed E-state index contributed by atoms with van der Waals surface area (Å²) in [4.78, 5) is 11.9. The van der Waals surface area contributed by atoms with Gasteiger partial charge >= 0.3 is 0 Å². The lowest BCUT2D eigenvalue weighted by Crippen LogP contribution is -2.24. The number of hydrogen-bond donors (Lipinski definition) is 1. The zero-order chi connectivity index (χ0) is 20.4. The van der Waals surface area contributed by atoms with Crippen LogP contribution in [0.15, 0.2) is 41.5 Å². The summed E-state index contributed by atoms with van der Waals surface area (Å²) < 4.78 is 16.5. The molecule has 150 valence electrons. The Kier molecular flexibility index (Phi) is 8.34. The van der Waals surface area contributed by atoms with Crippen molar-refractivity contribution in [3.8, 4) is 17.2 Å². The quantitative estimate of drug-likeness (QED) is 0.382. The highest BCUT2D eigenvalue weighted by Gasteiger charge is 2.06. The number of rotatable bonds is 10. The highest BCUT2D eigenvalue weighted by Crippen LogP contribution is 2.27.